The Bertz CT molecular complexity index is 356. The van der Waals surface area contributed by atoms with Gasteiger partial charge in [0.1, 0.15) is 0 Å². The lowest BCUT2D eigenvalue weighted by Gasteiger charge is -2.34. The van der Waals surface area contributed by atoms with Crippen LogP contribution >= 0.6 is 0 Å². The first-order chi connectivity index (χ1) is 8.46. The summed E-state index contributed by atoms with van der Waals surface area (Å²) in [5, 5.41) is 3.59. The first kappa shape index (κ1) is 14.3. The quantitative estimate of drug-likeness (QED) is 0.858. The molecule has 1 atom stereocenters. The molecule has 0 amide bonds. The van der Waals surface area contributed by atoms with E-state index in [1.54, 1.807) is 0 Å². The van der Waals surface area contributed by atoms with Crippen LogP contribution in [0.3, 0.4) is 0 Å². The molecule has 2 fully saturated rings. The minimum Gasteiger partial charge on any atom is -0.310 e. The third kappa shape index (κ3) is 3.95. The zero-order valence-electron chi connectivity index (χ0n) is 11.7. The van der Waals surface area contributed by atoms with Crippen molar-refractivity contribution in [1.82, 2.24) is 5.32 Å². The lowest BCUT2D eigenvalue weighted by molar-refractivity contribution is 0.228. The Kier molecular flexibility index (Phi) is 4.70. The van der Waals surface area contributed by atoms with Crippen molar-refractivity contribution in [3.05, 3.63) is 0 Å². The number of nitrogens with one attached hydrogen (secondary N) is 1. The van der Waals surface area contributed by atoms with E-state index in [2.05, 4.69) is 19.2 Å². The van der Waals surface area contributed by atoms with Crippen molar-refractivity contribution in [3.63, 3.8) is 0 Å². The fraction of sp³-hybridized carbons (Fsp3) is 1.00. The average Bonchev–Trinajstić information content (AvgIpc) is 2.28. The SMILES string of the molecule is CC(C)C1CCC(NC2CCCS(=O)(=O)C2)CC1. The molecule has 3 nitrogen and oxygen atoms in total. The second-order valence-electron chi connectivity index (χ2n) is 6.48. The average molecular weight is 273 g/mol. The molecule has 0 aromatic rings. The molecule has 1 aliphatic heterocycles. The highest BCUT2D eigenvalue weighted by Gasteiger charge is 2.29. The van der Waals surface area contributed by atoms with Crippen molar-refractivity contribution in [2.24, 2.45) is 11.8 Å². The normalized spacial score (nSPS) is 36.7. The lowest BCUT2D eigenvalue weighted by Crippen LogP contribution is -2.46. The van der Waals surface area contributed by atoms with Gasteiger partial charge in [0.25, 0.3) is 0 Å². The largest absolute Gasteiger partial charge is 0.310 e. The van der Waals surface area contributed by atoms with E-state index in [0.717, 1.165) is 24.7 Å². The molecule has 18 heavy (non-hydrogen) atoms. The molecule has 106 valence electrons. The van der Waals surface area contributed by atoms with Gasteiger partial charge < -0.3 is 5.32 Å². The van der Waals surface area contributed by atoms with Gasteiger partial charge in [-0.15, -0.1) is 0 Å². The Morgan fingerprint density at radius 2 is 1.67 bits per heavy atom. The fourth-order valence-electron chi connectivity index (χ4n) is 3.44. The second-order valence-corrected chi connectivity index (χ2v) is 8.70. The summed E-state index contributed by atoms with van der Waals surface area (Å²) in [6.45, 7) is 4.62. The Labute approximate surface area is 112 Å². The monoisotopic (exact) mass is 273 g/mol. The molecule has 1 aliphatic carbocycles. The van der Waals surface area contributed by atoms with Crippen molar-refractivity contribution >= 4 is 9.84 Å². The predicted molar refractivity (Wildman–Crippen MR) is 75.4 cm³/mol. The third-order valence-electron chi connectivity index (χ3n) is 4.65. The van der Waals surface area contributed by atoms with Gasteiger partial charge in [-0.3, -0.25) is 0 Å². The van der Waals surface area contributed by atoms with E-state index in [9.17, 15) is 8.42 Å². The van der Waals surface area contributed by atoms with Crippen LogP contribution in [0.5, 0.6) is 0 Å². The van der Waals surface area contributed by atoms with Crippen LogP contribution in [-0.2, 0) is 9.84 Å². The molecule has 1 saturated heterocycles. The van der Waals surface area contributed by atoms with E-state index in [-0.39, 0.29) is 6.04 Å². The van der Waals surface area contributed by atoms with E-state index < -0.39 is 9.84 Å². The highest BCUT2D eigenvalue weighted by atomic mass is 32.2. The van der Waals surface area contributed by atoms with Gasteiger partial charge in [-0.2, -0.15) is 0 Å². The maximum absolute atomic E-state index is 11.6. The van der Waals surface area contributed by atoms with Crippen molar-refractivity contribution < 1.29 is 8.42 Å². The van der Waals surface area contributed by atoms with Gasteiger partial charge in [0.15, 0.2) is 9.84 Å². The van der Waals surface area contributed by atoms with E-state index in [4.69, 9.17) is 0 Å². The molecule has 2 rings (SSSR count). The molecule has 1 N–H and O–H groups in total. The van der Waals surface area contributed by atoms with E-state index in [0.29, 0.717) is 17.5 Å². The van der Waals surface area contributed by atoms with Crippen LogP contribution in [0, 0.1) is 11.8 Å². The van der Waals surface area contributed by atoms with Crippen LogP contribution in [-0.4, -0.2) is 32.0 Å². The molecule has 1 heterocycles. The first-order valence-corrected chi connectivity index (χ1v) is 9.25. The van der Waals surface area contributed by atoms with Crippen molar-refractivity contribution in [2.75, 3.05) is 11.5 Å². The molecule has 0 spiro atoms. The highest BCUT2D eigenvalue weighted by Crippen LogP contribution is 2.30. The van der Waals surface area contributed by atoms with Gasteiger partial charge in [-0.25, -0.2) is 8.42 Å². The number of sulfone groups is 1. The van der Waals surface area contributed by atoms with Crippen molar-refractivity contribution in [2.45, 2.75) is 64.5 Å². The molecule has 0 bridgehead atoms. The van der Waals surface area contributed by atoms with E-state index in [1.165, 1.54) is 25.7 Å². The minimum absolute atomic E-state index is 0.212. The fourth-order valence-corrected chi connectivity index (χ4v) is 5.09. The second kappa shape index (κ2) is 5.91. The summed E-state index contributed by atoms with van der Waals surface area (Å²) in [7, 11) is -2.77. The van der Waals surface area contributed by atoms with Gasteiger partial charge in [-0.1, -0.05) is 13.8 Å². The van der Waals surface area contributed by atoms with Crippen LogP contribution in [0.15, 0.2) is 0 Å². The summed E-state index contributed by atoms with van der Waals surface area (Å²) in [6.07, 6.45) is 6.91. The minimum atomic E-state index is -2.77. The van der Waals surface area contributed by atoms with Gasteiger partial charge in [0.2, 0.25) is 0 Å². The number of hydrogen-bond donors (Lipinski definition) is 1. The summed E-state index contributed by atoms with van der Waals surface area (Å²) in [4.78, 5) is 0. The molecule has 4 heteroatoms. The number of rotatable bonds is 3. The van der Waals surface area contributed by atoms with Gasteiger partial charge in [0, 0.05) is 12.1 Å². The van der Waals surface area contributed by atoms with Gasteiger partial charge in [0.05, 0.1) is 11.5 Å². The van der Waals surface area contributed by atoms with Gasteiger partial charge in [-0.05, 0) is 50.4 Å². The molecule has 1 saturated carbocycles. The Hall–Kier alpha value is -0.0900. The standard InChI is InChI=1S/C14H27NO2S/c1-11(2)12-5-7-13(8-6-12)15-14-4-3-9-18(16,17)10-14/h11-15H,3-10H2,1-2H3. The van der Waals surface area contributed by atoms with Crippen LogP contribution < -0.4 is 5.32 Å². The summed E-state index contributed by atoms with van der Waals surface area (Å²) in [5.74, 6) is 2.42. The topological polar surface area (TPSA) is 46.2 Å². The predicted octanol–water partition coefficient (Wildman–Crippen LogP) is 2.37. The zero-order valence-corrected chi connectivity index (χ0v) is 12.5. The third-order valence-corrected chi connectivity index (χ3v) is 6.47. The maximum Gasteiger partial charge on any atom is 0.151 e. The number of hydrogen-bond acceptors (Lipinski definition) is 3. The van der Waals surface area contributed by atoms with Crippen LogP contribution in [0.25, 0.3) is 0 Å². The summed E-state index contributed by atoms with van der Waals surface area (Å²) in [5.41, 5.74) is 0. The van der Waals surface area contributed by atoms with Crippen molar-refractivity contribution in [1.29, 1.82) is 0 Å². The maximum atomic E-state index is 11.6. The molecule has 1 unspecified atom stereocenters. The molecule has 0 aromatic heterocycles. The van der Waals surface area contributed by atoms with E-state index in [1.807, 2.05) is 0 Å². The smallest absolute Gasteiger partial charge is 0.151 e. The summed E-state index contributed by atoms with van der Waals surface area (Å²) < 4.78 is 23.2. The van der Waals surface area contributed by atoms with Gasteiger partial charge >= 0.3 is 0 Å². The molecular weight excluding hydrogens is 246 g/mol. The van der Waals surface area contributed by atoms with Crippen LogP contribution in [0.4, 0.5) is 0 Å². The van der Waals surface area contributed by atoms with Crippen molar-refractivity contribution in [3.8, 4) is 0 Å². The molecule has 0 aromatic carbocycles. The highest BCUT2D eigenvalue weighted by molar-refractivity contribution is 7.91. The Morgan fingerprint density at radius 1 is 1.00 bits per heavy atom. The Balaban J connectivity index is 1.78. The zero-order chi connectivity index (χ0) is 13.2. The lowest BCUT2D eigenvalue weighted by atomic mass is 9.79. The molecule has 0 radical (unpaired) electrons. The van der Waals surface area contributed by atoms with E-state index >= 15 is 0 Å². The summed E-state index contributed by atoms with van der Waals surface area (Å²) in [6, 6.07) is 0.766. The molecule has 2 aliphatic rings. The summed E-state index contributed by atoms with van der Waals surface area (Å²) >= 11 is 0. The van der Waals surface area contributed by atoms with Crippen LogP contribution in [0.1, 0.15) is 52.4 Å². The first-order valence-electron chi connectivity index (χ1n) is 7.43. The Morgan fingerprint density at radius 3 is 2.22 bits per heavy atom. The van der Waals surface area contributed by atoms with Crippen LogP contribution in [0.2, 0.25) is 0 Å². The molecular formula is C14H27NO2S.